The molecule has 22 heteroatoms. The molecule has 0 aliphatic rings. The molecule has 0 aromatic heterocycles. The van der Waals surface area contributed by atoms with Crippen molar-refractivity contribution in [2.75, 3.05) is 21.3 Å². The Morgan fingerprint density at radius 3 is 1.00 bits per heavy atom. The van der Waals surface area contributed by atoms with Gasteiger partial charge in [0.05, 0.1) is 0 Å². The summed E-state index contributed by atoms with van der Waals surface area (Å²) in [5.41, 5.74) is -6.16. The molecule has 0 saturated carbocycles. The second-order valence-electron chi connectivity index (χ2n) is 8.51. The second kappa shape index (κ2) is 11.9. The highest BCUT2D eigenvalue weighted by molar-refractivity contribution is 6.78. The van der Waals surface area contributed by atoms with Crippen LogP contribution >= 0.6 is 0 Å². The molecule has 0 aliphatic carbocycles. The first-order chi connectivity index (χ1) is 16.3. The fourth-order valence-electron chi connectivity index (χ4n) is 2.23. The standard InChI is InChI=1S/C13H13F17Si.C3H10O3Si/c1-31(2,3)13(29,30)12(27,28)11(25,26)10(23,24)9(21,22)8(19,20)6(14,15)4-5-7(16,17)18;1-4-7(5-2)6-3/h4-5H2,1-3H3;7H,1-3H3. The quantitative estimate of drug-likeness (QED) is 0.165. The predicted octanol–water partition coefficient (Wildman–Crippen LogP) is 7.30. The van der Waals surface area contributed by atoms with Gasteiger partial charge >= 0.3 is 51.2 Å². The van der Waals surface area contributed by atoms with Crippen LogP contribution in [0.2, 0.25) is 19.6 Å². The van der Waals surface area contributed by atoms with Gasteiger partial charge in [0.15, 0.2) is 0 Å². The Labute approximate surface area is 207 Å². The monoisotopic (exact) mass is 642 g/mol. The Bertz CT molecular complexity index is 741. The van der Waals surface area contributed by atoms with Crippen molar-refractivity contribution < 1.29 is 87.9 Å². The third-order valence-electron chi connectivity index (χ3n) is 4.67. The van der Waals surface area contributed by atoms with E-state index in [1.165, 1.54) is 0 Å². The number of halogens is 17. The number of hydrogen-bond donors (Lipinski definition) is 0. The maximum absolute atomic E-state index is 13.7. The first kappa shape index (κ1) is 39.3. The molecule has 0 aromatic carbocycles. The van der Waals surface area contributed by atoms with Gasteiger partial charge < -0.3 is 13.3 Å². The van der Waals surface area contributed by atoms with E-state index in [0.29, 0.717) is 0 Å². The van der Waals surface area contributed by atoms with E-state index in [1.54, 1.807) is 21.3 Å². The first-order valence-corrected chi connectivity index (χ1v) is 14.5. The zero-order chi connectivity index (χ0) is 31.6. The minimum Gasteiger partial charge on any atom is -0.379 e. The van der Waals surface area contributed by atoms with Crippen molar-refractivity contribution in [1.82, 2.24) is 0 Å². The predicted molar refractivity (Wildman–Crippen MR) is 101 cm³/mol. The molecule has 0 rings (SSSR count). The van der Waals surface area contributed by atoms with Gasteiger partial charge in [0.2, 0.25) is 0 Å². The van der Waals surface area contributed by atoms with Crippen LogP contribution in [0.3, 0.4) is 0 Å². The molecule has 0 fully saturated rings. The molecule has 0 unspecified atom stereocenters. The van der Waals surface area contributed by atoms with Gasteiger partial charge in [-0.25, -0.2) is 8.78 Å². The summed E-state index contributed by atoms with van der Waals surface area (Å²) in [4.78, 5) is 0. The van der Waals surface area contributed by atoms with Crippen LogP contribution in [-0.4, -0.2) is 86.2 Å². The van der Waals surface area contributed by atoms with E-state index in [4.69, 9.17) is 13.3 Å². The van der Waals surface area contributed by atoms with Crippen LogP contribution in [0.15, 0.2) is 0 Å². The summed E-state index contributed by atoms with van der Waals surface area (Å²) in [5.74, 6) is -46.5. The normalized spacial score (nSPS) is 15.5. The summed E-state index contributed by atoms with van der Waals surface area (Å²) >= 11 is 0. The molecule has 38 heavy (non-hydrogen) atoms. The van der Waals surface area contributed by atoms with Crippen LogP contribution in [0.4, 0.5) is 74.6 Å². The molecule has 0 aromatic rings. The minimum absolute atomic E-state index is 0.188. The summed E-state index contributed by atoms with van der Waals surface area (Å²) in [6, 6.07) is 0. The number of alkyl halides is 17. The van der Waals surface area contributed by atoms with E-state index in [2.05, 4.69) is 0 Å². The van der Waals surface area contributed by atoms with Gasteiger partial charge in [-0.3, -0.25) is 0 Å². The second-order valence-corrected chi connectivity index (χ2v) is 15.6. The highest BCUT2D eigenvalue weighted by Gasteiger charge is 2.93. The van der Waals surface area contributed by atoms with Crippen LogP contribution in [0, 0.1) is 0 Å². The Hall–Kier alpha value is -0.876. The van der Waals surface area contributed by atoms with E-state index < -0.39 is 77.7 Å². The number of rotatable bonds is 12. The first-order valence-electron chi connectivity index (χ1n) is 9.60. The average molecular weight is 642 g/mol. The lowest BCUT2D eigenvalue weighted by atomic mass is 9.90. The maximum Gasteiger partial charge on any atom is 0.483 e. The fourth-order valence-corrected chi connectivity index (χ4v) is 3.91. The molecule has 0 saturated heterocycles. The Morgan fingerprint density at radius 1 is 0.474 bits per heavy atom. The third-order valence-corrected chi connectivity index (χ3v) is 8.03. The van der Waals surface area contributed by atoms with Crippen molar-refractivity contribution in [1.29, 1.82) is 0 Å². The molecule has 232 valence electrons. The highest BCUT2D eigenvalue weighted by Crippen LogP contribution is 2.63. The molecule has 0 atom stereocenters. The molecule has 0 bridgehead atoms. The van der Waals surface area contributed by atoms with Crippen molar-refractivity contribution in [2.45, 2.75) is 79.7 Å². The Balaban J connectivity index is 0. The largest absolute Gasteiger partial charge is 0.483 e. The lowest BCUT2D eigenvalue weighted by molar-refractivity contribution is -0.437. The lowest BCUT2D eigenvalue weighted by Crippen LogP contribution is -2.75. The summed E-state index contributed by atoms with van der Waals surface area (Å²) in [6.07, 6.45) is -12.0. The van der Waals surface area contributed by atoms with E-state index in [-0.39, 0.29) is 19.6 Å². The zero-order valence-electron chi connectivity index (χ0n) is 20.1. The Kier molecular flexibility index (Phi) is 12.3. The maximum atomic E-state index is 13.7. The van der Waals surface area contributed by atoms with Crippen LogP contribution in [-0.2, 0) is 13.3 Å². The molecule has 3 nitrogen and oxygen atoms in total. The van der Waals surface area contributed by atoms with E-state index in [9.17, 15) is 74.6 Å². The van der Waals surface area contributed by atoms with Crippen molar-refractivity contribution in [3.63, 3.8) is 0 Å². The van der Waals surface area contributed by atoms with Gasteiger partial charge in [0.25, 0.3) is 5.55 Å². The molecule has 0 N–H and O–H groups in total. The van der Waals surface area contributed by atoms with E-state index in [0.717, 1.165) is 0 Å². The minimum atomic E-state index is -8.27. The van der Waals surface area contributed by atoms with Gasteiger partial charge in [0.1, 0.15) is 8.07 Å². The van der Waals surface area contributed by atoms with Crippen LogP contribution in [0.25, 0.3) is 0 Å². The van der Waals surface area contributed by atoms with Gasteiger partial charge in [-0.1, -0.05) is 19.6 Å². The average Bonchev–Trinajstić information content (AvgIpc) is 2.72. The summed E-state index contributed by atoms with van der Waals surface area (Å²) < 4.78 is 239. The van der Waals surface area contributed by atoms with Gasteiger partial charge in [-0.15, -0.1) is 0 Å². The molecular weight excluding hydrogens is 619 g/mol. The summed E-state index contributed by atoms with van der Waals surface area (Å²) in [6.45, 7) is 0.563. The topological polar surface area (TPSA) is 27.7 Å². The number of hydrogen-bond acceptors (Lipinski definition) is 3. The highest BCUT2D eigenvalue weighted by atomic mass is 28.3. The van der Waals surface area contributed by atoms with Crippen LogP contribution in [0.5, 0.6) is 0 Å². The fraction of sp³-hybridized carbons (Fsp3) is 1.00. The van der Waals surface area contributed by atoms with Crippen molar-refractivity contribution >= 4 is 17.6 Å². The van der Waals surface area contributed by atoms with Crippen molar-refractivity contribution in [3.8, 4) is 0 Å². The van der Waals surface area contributed by atoms with Crippen LogP contribution in [0.1, 0.15) is 12.8 Å². The zero-order valence-corrected chi connectivity index (χ0v) is 22.3. The van der Waals surface area contributed by atoms with E-state index in [1.807, 2.05) is 0 Å². The van der Waals surface area contributed by atoms with Gasteiger partial charge in [-0.05, 0) is 0 Å². The summed E-state index contributed by atoms with van der Waals surface area (Å²) in [7, 11) is -1.94. The smallest absolute Gasteiger partial charge is 0.379 e. The Morgan fingerprint density at radius 2 is 0.763 bits per heavy atom. The molecule has 0 radical (unpaired) electrons. The SMILES string of the molecule is CO[SiH](OC)OC.C[Si](C)(C)C(F)(F)C(F)(F)C(F)(F)C(F)(F)C(F)(F)C(F)(F)C(F)(F)CCC(F)(F)F. The van der Waals surface area contributed by atoms with Crippen LogP contribution < -0.4 is 0 Å². The molecule has 0 spiro atoms. The van der Waals surface area contributed by atoms with Crippen molar-refractivity contribution in [2.24, 2.45) is 0 Å². The molecule has 0 amide bonds. The summed E-state index contributed by atoms with van der Waals surface area (Å²) in [5, 5.41) is 0. The molecular formula is C16H23F17O3Si2. The lowest BCUT2D eigenvalue weighted by Gasteiger charge is -2.44. The van der Waals surface area contributed by atoms with Gasteiger partial charge in [0, 0.05) is 34.2 Å². The molecule has 0 aliphatic heterocycles. The molecule has 0 heterocycles. The van der Waals surface area contributed by atoms with Gasteiger partial charge in [-0.2, -0.15) is 65.9 Å². The van der Waals surface area contributed by atoms with E-state index >= 15 is 0 Å². The van der Waals surface area contributed by atoms with Crippen molar-refractivity contribution in [3.05, 3.63) is 0 Å². The third kappa shape index (κ3) is 7.25.